The summed E-state index contributed by atoms with van der Waals surface area (Å²) in [6, 6.07) is 15.3. The Labute approximate surface area is 172 Å². The number of ether oxygens (including phenoxy) is 1. The lowest BCUT2D eigenvalue weighted by Crippen LogP contribution is -2.39. The molecule has 2 amide bonds. The SMILES string of the molecule is CCOc1ccccc1NC(=O)NCC1CCN(Cc2cccc(Cl)c2)CC1. The molecule has 2 aromatic carbocycles. The van der Waals surface area contributed by atoms with E-state index in [2.05, 4.69) is 21.6 Å². The minimum Gasteiger partial charge on any atom is -0.492 e. The third-order valence-electron chi connectivity index (χ3n) is 4.99. The van der Waals surface area contributed by atoms with Crippen LogP contribution in [0.3, 0.4) is 0 Å². The number of nitrogens with zero attached hydrogens (tertiary/aromatic N) is 1. The molecule has 1 aliphatic heterocycles. The Hall–Kier alpha value is -2.24. The summed E-state index contributed by atoms with van der Waals surface area (Å²) in [6.45, 7) is 6.17. The van der Waals surface area contributed by atoms with Gasteiger partial charge in [-0.2, -0.15) is 0 Å². The zero-order valence-electron chi connectivity index (χ0n) is 16.3. The van der Waals surface area contributed by atoms with E-state index in [1.807, 2.05) is 49.4 Å². The maximum Gasteiger partial charge on any atom is 0.319 e. The summed E-state index contributed by atoms with van der Waals surface area (Å²) in [5, 5.41) is 6.67. The van der Waals surface area contributed by atoms with Crippen LogP contribution in [0.4, 0.5) is 10.5 Å². The van der Waals surface area contributed by atoms with Crippen LogP contribution in [-0.2, 0) is 6.54 Å². The Morgan fingerprint density at radius 3 is 2.71 bits per heavy atom. The summed E-state index contributed by atoms with van der Waals surface area (Å²) in [4.78, 5) is 14.7. The molecule has 0 spiro atoms. The normalized spacial score (nSPS) is 15.2. The molecule has 5 nitrogen and oxygen atoms in total. The van der Waals surface area contributed by atoms with Crippen LogP contribution in [-0.4, -0.2) is 37.2 Å². The van der Waals surface area contributed by atoms with Crippen molar-refractivity contribution in [3.63, 3.8) is 0 Å². The number of carbonyl (C=O) groups is 1. The minimum absolute atomic E-state index is 0.187. The molecule has 6 heteroatoms. The van der Waals surface area contributed by atoms with E-state index in [4.69, 9.17) is 16.3 Å². The van der Waals surface area contributed by atoms with Crippen LogP contribution in [0.15, 0.2) is 48.5 Å². The zero-order valence-corrected chi connectivity index (χ0v) is 17.0. The number of piperidine rings is 1. The first-order valence-corrected chi connectivity index (χ1v) is 10.3. The fourth-order valence-electron chi connectivity index (χ4n) is 3.50. The van der Waals surface area contributed by atoms with E-state index >= 15 is 0 Å². The highest BCUT2D eigenvalue weighted by atomic mass is 35.5. The van der Waals surface area contributed by atoms with Crippen LogP contribution in [0, 0.1) is 5.92 Å². The molecule has 0 aliphatic carbocycles. The van der Waals surface area contributed by atoms with Gasteiger partial charge in [0.05, 0.1) is 12.3 Å². The van der Waals surface area contributed by atoms with E-state index in [9.17, 15) is 4.79 Å². The quantitative estimate of drug-likeness (QED) is 0.702. The third-order valence-corrected chi connectivity index (χ3v) is 5.22. The second-order valence-electron chi connectivity index (χ2n) is 7.11. The average Bonchev–Trinajstić information content (AvgIpc) is 2.69. The third kappa shape index (κ3) is 6.14. The van der Waals surface area contributed by atoms with Crippen molar-refractivity contribution in [1.29, 1.82) is 0 Å². The first-order valence-electron chi connectivity index (χ1n) is 9.87. The number of benzene rings is 2. The van der Waals surface area contributed by atoms with Gasteiger partial charge in [-0.3, -0.25) is 4.90 Å². The molecule has 2 aromatic rings. The fourth-order valence-corrected chi connectivity index (χ4v) is 3.71. The van der Waals surface area contributed by atoms with Crippen LogP contribution in [0.1, 0.15) is 25.3 Å². The minimum atomic E-state index is -0.187. The van der Waals surface area contributed by atoms with Gasteiger partial charge in [0.25, 0.3) is 0 Å². The summed E-state index contributed by atoms with van der Waals surface area (Å²) in [5.74, 6) is 1.19. The molecular weight excluding hydrogens is 374 g/mol. The number of hydrogen-bond acceptors (Lipinski definition) is 3. The van der Waals surface area contributed by atoms with Gasteiger partial charge in [0, 0.05) is 18.1 Å². The van der Waals surface area contributed by atoms with Crippen LogP contribution in [0.2, 0.25) is 5.02 Å². The topological polar surface area (TPSA) is 53.6 Å². The highest BCUT2D eigenvalue weighted by Gasteiger charge is 2.20. The van der Waals surface area contributed by atoms with E-state index in [-0.39, 0.29) is 6.03 Å². The Kier molecular flexibility index (Phi) is 7.57. The number of hydrogen-bond donors (Lipinski definition) is 2. The monoisotopic (exact) mass is 401 g/mol. The van der Waals surface area contributed by atoms with Crippen LogP contribution >= 0.6 is 11.6 Å². The first kappa shape index (κ1) is 20.5. The van der Waals surface area contributed by atoms with Crippen LogP contribution in [0.25, 0.3) is 0 Å². The molecule has 3 rings (SSSR count). The summed E-state index contributed by atoms with van der Waals surface area (Å²) < 4.78 is 5.54. The lowest BCUT2D eigenvalue weighted by molar-refractivity contribution is 0.175. The molecule has 28 heavy (non-hydrogen) atoms. The van der Waals surface area contributed by atoms with Gasteiger partial charge in [-0.1, -0.05) is 35.9 Å². The Morgan fingerprint density at radius 1 is 1.18 bits per heavy atom. The van der Waals surface area contributed by atoms with Crippen molar-refractivity contribution in [3.8, 4) is 5.75 Å². The highest BCUT2D eigenvalue weighted by molar-refractivity contribution is 6.30. The Balaban J connectivity index is 1.40. The van der Waals surface area contributed by atoms with Gasteiger partial charge in [0.2, 0.25) is 0 Å². The maximum absolute atomic E-state index is 12.2. The second-order valence-corrected chi connectivity index (χ2v) is 7.55. The van der Waals surface area contributed by atoms with Gasteiger partial charge < -0.3 is 15.4 Å². The number of carbonyl (C=O) groups excluding carboxylic acids is 1. The van der Waals surface area contributed by atoms with Crippen molar-refractivity contribution < 1.29 is 9.53 Å². The largest absolute Gasteiger partial charge is 0.492 e. The van der Waals surface area contributed by atoms with Crippen molar-refractivity contribution in [3.05, 3.63) is 59.1 Å². The van der Waals surface area contributed by atoms with Crippen molar-refractivity contribution in [2.24, 2.45) is 5.92 Å². The molecule has 1 saturated heterocycles. The van der Waals surface area contributed by atoms with Crippen molar-refractivity contribution in [1.82, 2.24) is 10.2 Å². The number of urea groups is 1. The molecule has 0 unspecified atom stereocenters. The first-order chi connectivity index (χ1) is 13.6. The van der Waals surface area contributed by atoms with Gasteiger partial charge in [0.1, 0.15) is 5.75 Å². The number of amides is 2. The molecule has 0 saturated carbocycles. The molecule has 2 N–H and O–H groups in total. The van der Waals surface area contributed by atoms with Crippen LogP contribution in [0.5, 0.6) is 5.75 Å². The molecular formula is C22H28ClN3O2. The predicted molar refractivity (Wildman–Crippen MR) is 114 cm³/mol. The fraction of sp³-hybridized carbons (Fsp3) is 0.409. The van der Waals surface area contributed by atoms with Crippen LogP contribution < -0.4 is 15.4 Å². The number of nitrogens with one attached hydrogen (secondary N) is 2. The molecule has 0 bridgehead atoms. The summed E-state index contributed by atoms with van der Waals surface area (Å²) in [7, 11) is 0. The van der Waals surface area contributed by atoms with E-state index < -0.39 is 0 Å². The van der Waals surface area contributed by atoms with Crippen molar-refractivity contribution in [2.45, 2.75) is 26.3 Å². The lowest BCUT2D eigenvalue weighted by atomic mass is 9.96. The van der Waals surface area contributed by atoms with E-state index in [0.29, 0.717) is 30.5 Å². The molecule has 0 radical (unpaired) electrons. The average molecular weight is 402 g/mol. The highest BCUT2D eigenvalue weighted by Crippen LogP contribution is 2.24. The number of anilines is 1. The van der Waals surface area contributed by atoms with Crippen molar-refractivity contribution >= 4 is 23.3 Å². The number of rotatable bonds is 7. The van der Waals surface area contributed by atoms with Crippen molar-refractivity contribution in [2.75, 3.05) is 31.6 Å². The molecule has 1 aliphatic rings. The van der Waals surface area contributed by atoms with Gasteiger partial charge in [-0.25, -0.2) is 4.79 Å². The van der Waals surface area contributed by atoms with Gasteiger partial charge >= 0.3 is 6.03 Å². The van der Waals surface area contributed by atoms with E-state index in [1.165, 1.54) is 5.56 Å². The molecule has 0 atom stereocenters. The molecule has 150 valence electrons. The number of para-hydroxylation sites is 2. The smallest absolute Gasteiger partial charge is 0.319 e. The van der Waals surface area contributed by atoms with Gasteiger partial charge in [0.15, 0.2) is 0 Å². The second kappa shape index (κ2) is 10.3. The molecule has 0 aromatic heterocycles. The Morgan fingerprint density at radius 2 is 1.96 bits per heavy atom. The summed E-state index contributed by atoms with van der Waals surface area (Å²) in [5.41, 5.74) is 1.94. The number of likely N-dealkylation sites (tertiary alicyclic amines) is 1. The summed E-state index contributed by atoms with van der Waals surface area (Å²) >= 11 is 6.07. The summed E-state index contributed by atoms with van der Waals surface area (Å²) in [6.07, 6.45) is 2.16. The van der Waals surface area contributed by atoms with Gasteiger partial charge in [-0.15, -0.1) is 0 Å². The number of halogens is 1. The predicted octanol–water partition coefficient (Wildman–Crippen LogP) is 4.77. The molecule has 1 fully saturated rings. The maximum atomic E-state index is 12.2. The standard InChI is InChI=1S/C22H28ClN3O2/c1-2-28-21-9-4-3-8-20(21)25-22(27)24-15-17-10-12-26(13-11-17)16-18-6-5-7-19(23)14-18/h3-9,14,17H,2,10-13,15-16H2,1H3,(H2,24,25,27). The van der Waals surface area contributed by atoms with E-state index in [0.717, 1.165) is 37.5 Å². The van der Waals surface area contributed by atoms with E-state index in [1.54, 1.807) is 0 Å². The molecule has 1 heterocycles. The Bertz CT molecular complexity index is 776. The lowest BCUT2D eigenvalue weighted by Gasteiger charge is -2.32. The van der Waals surface area contributed by atoms with Gasteiger partial charge in [-0.05, 0) is 68.6 Å². The zero-order chi connectivity index (χ0) is 19.8.